The van der Waals surface area contributed by atoms with E-state index < -0.39 is 0 Å². The molecule has 62 valence electrons. The Morgan fingerprint density at radius 2 is 1.92 bits per heavy atom. The molecule has 12 heavy (non-hydrogen) atoms. The Labute approximate surface area is 75.5 Å². The Kier molecular flexibility index (Phi) is 1.58. The molecular formula is C9H9ClN2. The number of hydrogen-bond donors (Lipinski definition) is 1. The minimum absolute atomic E-state index is 0.619. The third-order valence-corrected chi connectivity index (χ3v) is 2.41. The van der Waals surface area contributed by atoms with E-state index in [0.717, 1.165) is 10.9 Å². The first-order valence-electron chi connectivity index (χ1n) is 3.79. The fourth-order valence-corrected chi connectivity index (χ4v) is 1.43. The highest BCUT2D eigenvalue weighted by Crippen LogP contribution is 2.23. The molecule has 3 heteroatoms. The molecule has 0 bridgehead atoms. The Bertz CT molecular complexity index is 431. The van der Waals surface area contributed by atoms with Crippen LogP contribution in [0.2, 0.25) is 5.15 Å². The maximum atomic E-state index is 5.88. The lowest BCUT2D eigenvalue weighted by Gasteiger charge is -1.97. The molecule has 0 radical (unpaired) electrons. The molecule has 1 heterocycles. The van der Waals surface area contributed by atoms with Crippen LogP contribution in [0.3, 0.4) is 0 Å². The van der Waals surface area contributed by atoms with Crippen molar-refractivity contribution in [3.63, 3.8) is 0 Å². The summed E-state index contributed by atoms with van der Waals surface area (Å²) in [7, 11) is 0. The zero-order valence-corrected chi connectivity index (χ0v) is 7.74. The van der Waals surface area contributed by atoms with E-state index in [2.05, 4.69) is 30.1 Å². The maximum absolute atomic E-state index is 5.88. The van der Waals surface area contributed by atoms with Gasteiger partial charge in [0.25, 0.3) is 0 Å². The lowest BCUT2D eigenvalue weighted by Crippen LogP contribution is -1.79. The lowest BCUT2D eigenvalue weighted by atomic mass is 10.1. The fourth-order valence-electron chi connectivity index (χ4n) is 1.24. The number of halogens is 1. The van der Waals surface area contributed by atoms with Crippen LogP contribution in [-0.4, -0.2) is 10.2 Å². The standard InChI is InChI=1S/C9H9ClN2/c1-5-3-7-8(4-6(5)2)11-12-9(7)10/h3-4H,1-2H3,(H,11,12). The molecule has 0 aliphatic heterocycles. The van der Waals surface area contributed by atoms with E-state index in [1.807, 2.05) is 6.07 Å². The van der Waals surface area contributed by atoms with Gasteiger partial charge in [-0.3, -0.25) is 5.10 Å². The molecule has 0 atom stereocenters. The molecule has 1 N–H and O–H groups in total. The van der Waals surface area contributed by atoms with Gasteiger partial charge in [0.05, 0.1) is 5.52 Å². The van der Waals surface area contributed by atoms with Gasteiger partial charge in [-0.25, -0.2) is 0 Å². The highest BCUT2D eigenvalue weighted by Gasteiger charge is 2.03. The zero-order valence-electron chi connectivity index (χ0n) is 6.98. The molecule has 2 aromatic rings. The van der Waals surface area contributed by atoms with Crippen molar-refractivity contribution in [1.82, 2.24) is 10.2 Å². The van der Waals surface area contributed by atoms with Crippen LogP contribution in [-0.2, 0) is 0 Å². The molecule has 1 aromatic heterocycles. The highest BCUT2D eigenvalue weighted by atomic mass is 35.5. The van der Waals surface area contributed by atoms with Crippen molar-refractivity contribution in [2.75, 3.05) is 0 Å². The SMILES string of the molecule is Cc1cc2n[nH]c(Cl)c2cc1C. The van der Waals surface area contributed by atoms with E-state index in [9.17, 15) is 0 Å². The summed E-state index contributed by atoms with van der Waals surface area (Å²) in [4.78, 5) is 0. The molecule has 0 unspecified atom stereocenters. The van der Waals surface area contributed by atoms with Crippen molar-refractivity contribution < 1.29 is 0 Å². The average Bonchev–Trinajstić information content (AvgIpc) is 2.35. The number of nitrogens with one attached hydrogen (secondary N) is 1. The molecular weight excluding hydrogens is 172 g/mol. The monoisotopic (exact) mass is 180 g/mol. The summed E-state index contributed by atoms with van der Waals surface area (Å²) < 4.78 is 0. The second-order valence-electron chi connectivity index (χ2n) is 2.99. The smallest absolute Gasteiger partial charge is 0.132 e. The number of fused-ring (bicyclic) bond motifs is 1. The Hall–Kier alpha value is -1.02. The molecule has 0 aliphatic carbocycles. The first kappa shape index (κ1) is 7.62. The predicted molar refractivity (Wildman–Crippen MR) is 50.6 cm³/mol. The maximum Gasteiger partial charge on any atom is 0.132 e. The van der Waals surface area contributed by atoms with Crippen molar-refractivity contribution >= 4 is 22.5 Å². The molecule has 0 fully saturated rings. The normalized spacial score (nSPS) is 10.9. The van der Waals surface area contributed by atoms with Gasteiger partial charge in [-0.2, -0.15) is 5.10 Å². The first-order valence-corrected chi connectivity index (χ1v) is 4.17. The third kappa shape index (κ3) is 0.994. The number of benzene rings is 1. The average molecular weight is 181 g/mol. The summed E-state index contributed by atoms with van der Waals surface area (Å²) in [5.41, 5.74) is 3.42. The lowest BCUT2D eigenvalue weighted by molar-refractivity contribution is 1.12. The molecule has 0 saturated carbocycles. The van der Waals surface area contributed by atoms with Crippen molar-refractivity contribution in [2.24, 2.45) is 0 Å². The van der Waals surface area contributed by atoms with Gasteiger partial charge in [0.15, 0.2) is 0 Å². The molecule has 0 saturated heterocycles. The van der Waals surface area contributed by atoms with Gasteiger partial charge in [-0.1, -0.05) is 11.6 Å². The van der Waals surface area contributed by atoms with Crippen LogP contribution in [0.15, 0.2) is 12.1 Å². The van der Waals surface area contributed by atoms with Gasteiger partial charge >= 0.3 is 0 Å². The van der Waals surface area contributed by atoms with Crippen molar-refractivity contribution in [3.05, 3.63) is 28.4 Å². The van der Waals surface area contributed by atoms with Crippen LogP contribution in [0.1, 0.15) is 11.1 Å². The number of aryl methyl sites for hydroxylation is 2. The number of hydrogen-bond acceptors (Lipinski definition) is 1. The van der Waals surface area contributed by atoms with E-state index >= 15 is 0 Å². The highest BCUT2D eigenvalue weighted by molar-refractivity contribution is 6.34. The Balaban J connectivity index is 2.87. The van der Waals surface area contributed by atoms with Crippen LogP contribution in [0.25, 0.3) is 10.9 Å². The summed E-state index contributed by atoms with van der Waals surface area (Å²) in [6.45, 7) is 4.13. The molecule has 0 aliphatic rings. The minimum atomic E-state index is 0.619. The Morgan fingerprint density at radius 3 is 2.67 bits per heavy atom. The van der Waals surface area contributed by atoms with E-state index in [1.165, 1.54) is 11.1 Å². The quantitative estimate of drug-likeness (QED) is 0.664. The van der Waals surface area contributed by atoms with E-state index in [0.29, 0.717) is 5.15 Å². The molecule has 1 aromatic carbocycles. The third-order valence-electron chi connectivity index (χ3n) is 2.12. The van der Waals surface area contributed by atoms with Gasteiger partial charge in [0.1, 0.15) is 5.15 Å². The van der Waals surface area contributed by atoms with Gasteiger partial charge in [-0.15, -0.1) is 0 Å². The van der Waals surface area contributed by atoms with E-state index in [4.69, 9.17) is 11.6 Å². The summed E-state index contributed by atoms with van der Waals surface area (Å²) in [5, 5.41) is 8.43. The van der Waals surface area contributed by atoms with Crippen LogP contribution < -0.4 is 0 Å². The number of nitrogens with zero attached hydrogens (tertiary/aromatic N) is 1. The number of rotatable bonds is 0. The fraction of sp³-hybridized carbons (Fsp3) is 0.222. The van der Waals surface area contributed by atoms with Crippen molar-refractivity contribution in [2.45, 2.75) is 13.8 Å². The second kappa shape index (κ2) is 2.49. The first-order chi connectivity index (χ1) is 5.68. The summed E-state index contributed by atoms with van der Waals surface area (Å²) in [6, 6.07) is 4.09. The summed E-state index contributed by atoms with van der Waals surface area (Å²) in [6.07, 6.45) is 0. The molecule has 2 rings (SSSR count). The summed E-state index contributed by atoms with van der Waals surface area (Å²) >= 11 is 5.88. The number of H-pyrrole nitrogens is 1. The van der Waals surface area contributed by atoms with E-state index in [-0.39, 0.29) is 0 Å². The zero-order chi connectivity index (χ0) is 8.72. The van der Waals surface area contributed by atoms with Crippen molar-refractivity contribution in [1.29, 1.82) is 0 Å². The van der Waals surface area contributed by atoms with Gasteiger partial charge in [0, 0.05) is 5.39 Å². The molecule has 0 amide bonds. The minimum Gasteiger partial charge on any atom is -0.266 e. The number of aromatic amines is 1. The van der Waals surface area contributed by atoms with Crippen LogP contribution >= 0.6 is 11.6 Å². The van der Waals surface area contributed by atoms with Crippen LogP contribution in [0.5, 0.6) is 0 Å². The largest absolute Gasteiger partial charge is 0.266 e. The van der Waals surface area contributed by atoms with Crippen molar-refractivity contribution in [3.8, 4) is 0 Å². The topological polar surface area (TPSA) is 28.7 Å². The number of aromatic nitrogens is 2. The van der Waals surface area contributed by atoms with Gasteiger partial charge in [-0.05, 0) is 37.1 Å². The van der Waals surface area contributed by atoms with Crippen LogP contribution in [0.4, 0.5) is 0 Å². The molecule has 2 nitrogen and oxygen atoms in total. The molecule has 0 spiro atoms. The van der Waals surface area contributed by atoms with Gasteiger partial charge < -0.3 is 0 Å². The second-order valence-corrected chi connectivity index (χ2v) is 3.37. The van der Waals surface area contributed by atoms with Gasteiger partial charge in [0.2, 0.25) is 0 Å². The van der Waals surface area contributed by atoms with Crippen LogP contribution in [0, 0.1) is 13.8 Å². The van der Waals surface area contributed by atoms with E-state index in [1.54, 1.807) is 0 Å². The summed E-state index contributed by atoms with van der Waals surface area (Å²) in [5.74, 6) is 0. The Morgan fingerprint density at radius 1 is 1.25 bits per heavy atom. The predicted octanol–water partition coefficient (Wildman–Crippen LogP) is 2.83.